The first kappa shape index (κ1) is 43.6. The maximum atomic E-state index is 11.7. The molecule has 2 radical (unpaired) electrons. The molecule has 2 aromatic heterocycles. The van der Waals surface area contributed by atoms with Crippen LogP contribution in [0.25, 0.3) is 0 Å². The van der Waals surface area contributed by atoms with Gasteiger partial charge >= 0.3 is 20.8 Å². The first-order valence-electron chi connectivity index (χ1n) is 14.6. The van der Waals surface area contributed by atoms with E-state index in [4.69, 9.17) is 11.0 Å². The average Bonchev–Trinajstić information content (AvgIpc) is 3.58. The van der Waals surface area contributed by atoms with Crippen LogP contribution in [-0.4, -0.2) is 75.5 Å². The Morgan fingerprint density at radius 1 is 0.939 bits per heavy atom. The number of hydroxylamine groups is 4. The maximum Gasteiger partial charge on any atom is 0.456 e. The number of carbonyl (C=O) groups is 6. The maximum absolute atomic E-state index is 11.7. The van der Waals surface area contributed by atoms with E-state index in [9.17, 15) is 28.8 Å². The van der Waals surface area contributed by atoms with Crippen LogP contribution in [0.3, 0.4) is 0 Å². The van der Waals surface area contributed by atoms with Gasteiger partial charge < -0.3 is 9.68 Å². The molecule has 4 amide bonds. The van der Waals surface area contributed by atoms with Crippen molar-refractivity contribution in [3.8, 4) is 0 Å². The minimum absolute atomic E-state index is 0.110. The first-order valence-corrected chi connectivity index (χ1v) is 24.2. The van der Waals surface area contributed by atoms with Gasteiger partial charge in [-0.2, -0.15) is 0 Å². The Bertz CT molecular complexity index is 1410. The normalized spacial score (nSPS) is 14.7. The number of nitrogens with zero attached hydrogens (tertiary/aromatic N) is 4. The largest absolute Gasteiger partial charge is 0.456 e. The van der Waals surface area contributed by atoms with Gasteiger partial charge in [-0.05, 0) is 65.7 Å². The van der Waals surface area contributed by atoms with Crippen LogP contribution in [-0.2, 0) is 62.1 Å². The fourth-order valence-corrected chi connectivity index (χ4v) is 7.34. The van der Waals surface area contributed by atoms with Crippen molar-refractivity contribution in [2.75, 3.05) is 5.75 Å². The Balaban J connectivity index is 0.000000422. The van der Waals surface area contributed by atoms with E-state index in [1.54, 1.807) is 55.6 Å². The zero-order valence-corrected chi connectivity index (χ0v) is 34.0. The molecule has 2 aromatic rings. The van der Waals surface area contributed by atoms with Gasteiger partial charge in [-0.25, -0.2) is 19.6 Å². The third-order valence-electron chi connectivity index (χ3n) is 5.48. The summed E-state index contributed by atoms with van der Waals surface area (Å²) < 4.78 is 6.24. The summed E-state index contributed by atoms with van der Waals surface area (Å²) in [6, 6.07) is 11.4. The molecular weight excluding hydrogens is 804 g/mol. The van der Waals surface area contributed by atoms with Crippen LogP contribution in [0.1, 0.15) is 58.3 Å². The number of aromatic nitrogens is 2. The van der Waals surface area contributed by atoms with E-state index in [0.29, 0.717) is 23.0 Å². The number of hydrogen-bond donors (Lipinski definition) is 0. The predicted octanol–water partition coefficient (Wildman–Crippen LogP) is 6.20. The van der Waals surface area contributed by atoms with Gasteiger partial charge in [0.15, 0.2) is 0 Å². The third kappa shape index (κ3) is 20.8. The van der Waals surface area contributed by atoms with Gasteiger partial charge in [0.2, 0.25) is 0 Å². The number of rotatable bonds is 14. The van der Waals surface area contributed by atoms with Crippen molar-refractivity contribution in [2.45, 2.75) is 73.6 Å². The first-order chi connectivity index (χ1) is 23.9. The molecule has 49 heavy (non-hydrogen) atoms. The summed E-state index contributed by atoms with van der Waals surface area (Å²) in [5.41, 5.74) is 0. The summed E-state index contributed by atoms with van der Waals surface area (Å²) in [5, 5.41) is 3.21. The second kappa shape index (κ2) is 28.1. The fourth-order valence-electron chi connectivity index (χ4n) is 3.28. The Labute approximate surface area is 319 Å². The minimum atomic E-state index is -1.29. The summed E-state index contributed by atoms with van der Waals surface area (Å²) >= 11 is 8.46. The highest BCUT2D eigenvalue weighted by atomic mass is 33.1. The standard InChI is InChI=1S/C14H16N2O4S2.C13H14N2O4S2.BHPS.H2P2S/c1-10(21-22-11-4-2-3-9-15-11)5-8-14(19)20-16-12(17)6-7-13(16)18;16-11-6-7-12(17)15(11)19-13(18)5-3-9-20-21-10-4-1-2-8-14-10;2*1-2-3/h2-4,9-10H,5-8H2,1H3;1-2,4,8H,3,5-7,9H2;2H;1H2/q;;+1;/i;;2D;. The third-order valence-corrected chi connectivity index (χ3v) is 10.7. The molecule has 262 valence electrons. The molecule has 0 aliphatic carbocycles. The summed E-state index contributed by atoms with van der Waals surface area (Å²) in [6.07, 6.45) is 5.45. The highest BCUT2D eigenvalue weighted by Gasteiger charge is 2.33. The van der Waals surface area contributed by atoms with E-state index in [1.807, 2.05) is 43.3 Å². The van der Waals surface area contributed by atoms with Crippen molar-refractivity contribution in [3.05, 3.63) is 48.8 Å². The molecule has 0 spiro atoms. The molecule has 22 heteroatoms. The van der Waals surface area contributed by atoms with Crippen LogP contribution in [0.5, 0.6) is 0 Å². The van der Waals surface area contributed by atoms with E-state index >= 15 is 0 Å². The molecule has 2 aliphatic heterocycles. The SMILES string of the molecule is CC(CCC(=O)ON1C(=O)CCC1=O)SSc1ccccn1.O=C(CCCSSc1ccccn1)ON1C(=O)CCC1=O.PP=S.[2H][P+]([B])=S. The number of imide groups is 2. The van der Waals surface area contributed by atoms with Crippen molar-refractivity contribution in [2.24, 2.45) is 0 Å². The number of hydrogen-bond acceptors (Lipinski definition) is 16. The van der Waals surface area contributed by atoms with Crippen LogP contribution in [0.2, 0.25) is 0 Å². The molecule has 3 atom stereocenters. The van der Waals surface area contributed by atoms with Crippen LogP contribution < -0.4 is 0 Å². The van der Waals surface area contributed by atoms with E-state index < -0.39 is 42.7 Å². The topological polar surface area (TPSA) is 153 Å². The summed E-state index contributed by atoms with van der Waals surface area (Å²) in [6.45, 7) is 2.00. The fraction of sp³-hybridized carbons (Fsp3) is 0.407. The van der Waals surface area contributed by atoms with Crippen molar-refractivity contribution >= 4 is 133 Å². The molecule has 4 heterocycles. The zero-order valence-electron chi connectivity index (χ0n) is 27.1. The summed E-state index contributed by atoms with van der Waals surface area (Å²) in [7, 11) is 12.9. The molecule has 0 N–H and O–H groups in total. The van der Waals surface area contributed by atoms with Gasteiger partial charge in [0.1, 0.15) is 21.9 Å². The molecule has 2 aliphatic rings. The smallest absolute Gasteiger partial charge is 0.330 e. The van der Waals surface area contributed by atoms with Gasteiger partial charge in [-0.15, -0.1) is 10.1 Å². The van der Waals surface area contributed by atoms with Gasteiger partial charge in [-0.3, -0.25) is 19.2 Å². The van der Waals surface area contributed by atoms with Crippen LogP contribution in [0.4, 0.5) is 0 Å². The second-order valence-corrected chi connectivity index (χ2v) is 17.9. The lowest BCUT2D eigenvalue weighted by atomic mass is 10.2. The number of pyridine rings is 2. The van der Waals surface area contributed by atoms with E-state index in [1.165, 1.54) is 0 Å². The summed E-state index contributed by atoms with van der Waals surface area (Å²) in [4.78, 5) is 86.3. The minimum Gasteiger partial charge on any atom is -0.330 e. The molecule has 2 saturated heterocycles. The number of amides is 4. The summed E-state index contributed by atoms with van der Waals surface area (Å²) in [5.74, 6) is -2.17. The monoisotopic (exact) mass is 838 g/mol. The Hall–Kier alpha value is -1.55. The van der Waals surface area contributed by atoms with Crippen molar-refractivity contribution < 1.29 is 38.4 Å². The lowest BCUT2D eigenvalue weighted by molar-refractivity contribution is -0.197. The highest BCUT2D eigenvalue weighted by Crippen LogP contribution is 2.34. The van der Waals surface area contributed by atoms with Gasteiger partial charge in [0.25, 0.3) is 23.6 Å². The second-order valence-electron chi connectivity index (χ2n) is 9.17. The van der Waals surface area contributed by atoms with Gasteiger partial charge in [0, 0.05) is 61.9 Å². The van der Waals surface area contributed by atoms with Crippen LogP contribution in [0.15, 0.2) is 58.8 Å². The van der Waals surface area contributed by atoms with Crippen molar-refractivity contribution in [1.82, 2.24) is 20.1 Å². The molecule has 2 fully saturated rings. The molecular formula is C27H33BN4O8P3S6+. The Morgan fingerprint density at radius 3 is 1.80 bits per heavy atom. The Kier molecular flexibility index (Phi) is 25.0. The number of carbonyl (C=O) groups excluding carboxylic acids is 6. The molecule has 0 bridgehead atoms. The van der Waals surface area contributed by atoms with Crippen LogP contribution in [0, 0.1) is 0 Å². The van der Waals surface area contributed by atoms with Gasteiger partial charge in [-0.1, -0.05) is 61.4 Å². The average molecular weight is 839 g/mol. The molecule has 0 aromatic carbocycles. The van der Waals surface area contributed by atoms with E-state index in [2.05, 4.69) is 50.1 Å². The van der Waals surface area contributed by atoms with E-state index in [-0.39, 0.29) is 43.8 Å². The molecule has 3 unspecified atom stereocenters. The molecule has 4 rings (SSSR count). The van der Waals surface area contributed by atoms with Crippen molar-refractivity contribution in [1.29, 1.82) is 1.28 Å². The zero-order chi connectivity index (χ0) is 37.3. The van der Waals surface area contributed by atoms with Crippen LogP contribution >= 0.6 is 66.3 Å². The predicted molar refractivity (Wildman–Crippen MR) is 208 cm³/mol. The lowest BCUT2D eigenvalue weighted by Gasteiger charge is -2.13. The van der Waals surface area contributed by atoms with Gasteiger partial charge in [0.05, 0.1) is 7.18 Å². The van der Waals surface area contributed by atoms with Crippen molar-refractivity contribution in [3.63, 3.8) is 0 Å². The lowest BCUT2D eigenvalue weighted by Crippen LogP contribution is -2.32. The molecule has 12 nitrogen and oxygen atoms in total. The Morgan fingerprint density at radius 2 is 1.37 bits per heavy atom. The highest BCUT2D eigenvalue weighted by molar-refractivity contribution is 8.77. The quantitative estimate of drug-likeness (QED) is 0.0697. The molecule has 0 saturated carbocycles. The van der Waals surface area contributed by atoms with E-state index in [0.717, 1.165) is 22.8 Å².